The molecule has 6 nitrogen and oxygen atoms in total. The Labute approximate surface area is 195 Å². The number of aryl methyl sites for hydroxylation is 1. The number of benzene rings is 2. The SMILES string of the molecule is Cc1ccc(S(=O)/C=C\C(=C/C=O)c2c(C=O)c3ccccc3n2C(=O)OC(C)(C)C)cc1. The van der Waals surface area contributed by atoms with Crippen molar-refractivity contribution in [3.63, 3.8) is 0 Å². The molecule has 0 saturated carbocycles. The molecular weight excluding hydrogens is 438 g/mol. The molecule has 0 spiro atoms. The second kappa shape index (κ2) is 9.92. The predicted molar refractivity (Wildman–Crippen MR) is 130 cm³/mol. The molecule has 0 aliphatic heterocycles. The van der Waals surface area contributed by atoms with Gasteiger partial charge < -0.3 is 4.74 Å². The number of allylic oxidation sites excluding steroid dienone is 3. The Morgan fingerprint density at radius 1 is 1.03 bits per heavy atom. The van der Waals surface area contributed by atoms with Gasteiger partial charge in [-0.2, -0.15) is 0 Å². The summed E-state index contributed by atoms with van der Waals surface area (Å²) in [6.45, 7) is 7.15. The molecule has 7 heteroatoms. The van der Waals surface area contributed by atoms with Gasteiger partial charge in [-0.15, -0.1) is 0 Å². The van der Waals surface area contributed by atoms with Gasteiger partial charge in [0.1, 0.15) is 11.9 Å². The molecule has 0 saturated heterocycles. The molecule has 33 heavy (non-hydrogen) atoms. The smallest absolute Gasteiger partial charge is 0.419 e. The first-order chi connectivity index (χ1) is 15.7. The highest BCUT2D eigenvalue weighted by Crippen LogP contribution is 2.32. The van der Waals surface area contributed by atoms with E-state index in [0.717, 1.165) is 5.56 Å². The molecule has 1 aromatic heterocycles. The number of ether oxygens (including phenoxy) is 1. The average molecular weight is 464 g/mol. The van der Waals surface area contributed by atoms with E-state index < -0.39 is 22.5 Å². The normalized spacial score (nSPS) is 13.3. The molecule has 0 aliphatic rings. The molecule has 1 heterocycles. The molecule has 0 fully saturated rings. The molecular formula is C26H25NO5S. The van der Waals surface area contributed by atoms with E-state index in [0.29, 0.717) is 28.4 Å². The van der Waals surface area contributed by atoms with Crippen LogP contribution in [0.4, 0.5) is 4.79 Å². The maximum Gasteiger partial charge on any atom is 0.419 e. The van der Waals surface area contributed by atoms with Gasteiger partial charge >= 0.3 is 6.09 Å². The summed E-state index contributed by atoms with van der Waals surface area (Å²) in [5.74, 6) is 0. The number of hydrogen-bond donors (Lipinski definition) is 0. The van der Waals surface area contributed by atoms with Gasteiger partial charge in [-0.1, -0.05) is 35.9 Å². The van der Waals surface area contributed by atoms with E-state index in [1.54, 1.807) is 57.2 Å². The van der Waals surface area contributed by atoms with E-state index in [1.807, 2.05) is 19.1 Å². The first-order valence-electron chi connectivity index (χ1n) is 10.3. The van der Waals surface area contributed by atoms with Crippen molar-refractivity contribution in [3.05, 3.63) is 82.9 Å². The summed E-state index contributed by atoms with van der Waals surface area (Å²) in [4.78, 5) is 37.3. The summed E-state index contributed by atoms with van der Waals surface area (Å²) in [5, 5.41) is 1.96. The number of aldehydes is 2. The average Bonchev–Trinajstić information content (AvgIpc) is 3.10. The minimum Gasteiger partial charge on any atom is -0.443 e. The summed E-state index contributed by atoms with van der Waals surface area (Å²) < 4.78 is 19.6. The maximum atomic E-state index is 13.1. The van der Waals surface area contributed by atoms with Crippen LogP contribution in [0.2, 0.25) is 0 Å². The molecule has 0 bridgehead atoms. The maximum absolute atomic E-state index is 13.1. The molecule has 0 amide bonds. The zero-order valence-corrected chi connectivity index (χ0v) is 19.7. The second-order valence-electron chi connectivity index (χ2n) is 8.38. The van der Waals surface area contributed by atoms with Gasteiger partial charge in [-0.05, 0) is 58.0 Å². The number of para-hydroxylation sites is 1. The first-order valence-corrected chi connectivity index (χ1v) is 11.5. The highest BCUT2D eigenvalue weighted by Gasteiger charge is 2.26. The fraction of sp³-hybridized carbons (Fsp3) is 0.192. The van der Waals surface area contributed by atoms with Gasteiger partial charge in [-0.3, -0.25) is 9.59 Å². The van der Waals surface area contributed by atoms with Gasteiger partial charge in [0.05, 0.1) is 22.0 Å². The van der Waals surface area contributed by atoms with E-state index in [9.17, 15) is 18.6 Å². The van der Waals surface area contributed by atoms with Crippen molar-refractivity contribution < 1.29 is 23.3 Å². The Morgan fingerprint density at radius 2 is 1.70 bits per heavy atom. The molecule has 0 N–H and O–H groups in total. The number of rotatable bonds is 6. The summed E-state index contributed by atoms with van der Waals surface area (Å²) in [6.07, 6.45) is 3.21. The topological polar surface area (TPSA) is 82.4 Å². The highest BCUT2D eigenvalue weighted by atomic mass is 32.2. The van der Waals surface area contributed by atoms with Crippen molar-refractivity contribution in [3.8, 4) is 0 Å². The summed E-state index contributed by atoms with van der Waals surface area (Å²) in [6, 6.07) is 14.1. The number of aromatic nitrogens is 1. The van der Waals surface area contributed by atoms with Crippen LogP contribution in [-0.2, 0) is 20.3 Å². The zero-order valence-electron chi connectivity index (χ0n) is 18.9. The lowest BCUT2D eigenvalue weighted by molar-refractivity contribution is -0.104. The third-order valence-electron chi connectivity index (χ3n) is 4.75. The molecule has 0 aliphatic carbocycles. The number of fused-ring (bicyclic) bond motifs is 1. The largest absolute Gasteiger partial charge is 0.443 e. The van der Waals surface area contributed by atoms with Crippen molar-refractivity contribution in [2.45, 2.75) is 38.2 Å². The summed E-state index contributed by atoms with van der Waals surface area (Å²) in [5.41, 5.74) is 1.42. The molecule has 3 aromatic rings. The third kappa shape index (κ3) is 5.43. The van der Waals surface area contributed by atoms with Crippen LogP contribution in [0.5, 0.6) is 0 Å². The van der Waals surface area contributed by atoms with E-state index in [1.165, 1.54) is 22.1 Å². The summed E-state index contributed by atoms with van der Waals surface area (Å²) >= 11 is 0. The fourth-order valence-electron chi connectivity index (χ4n) is 3.34. The van der Waals surface area contributed by atoms with Crippen LogP contribution in [0.3, 0.4) is 0 Å². The highest BCUT2D eigenvalue weighted by molar-refractivity contribution is 7.88. The number of nitrogens with zero attached hydrogens (tertiary/aromatic N) is 1. The van der Waals surface area contributed by atoms with Crippen LogP contribution in [0.15, 0.2) is 71.0 Å². The minimum absolute atomic E-state index is 0.199. The fourth-order valence-corrected chi connectivity index (χ4v) is 4.17. The van der Waals surface area contributed by atoms with Gasteiger partial charge in [0.2, 0.25) is 0 Å². The first kappa shape index (κ1) is 24.1. The van der Waals surface area contributed by atoms with E-state index in [2.05, 4.69) is 0 Å². The van der Waals surface area contributed by atoms with Gasteiger partial charge in [-0.25, -0.2) is 13.6 Å². The number of carbonyl (C=O) groups excluding carboxylic acids is 3. The Balaban J connectivity index is 2.18. The van der Waals surface area contributed by atoms with Crippen molar-refractivity contribution in [1.82, 2.24) is 4.57 Å². The van der Waals surface area contributed by atoms with Gasteiger partial charge in [0.25, 0.3) is 0 Å². The van der Waals surface area contributed by atoms with Crippen LogP contribution < -0.4 is 0 Å². The molecule has 2 aromatic carbocycles. The zero-order chi connectivity index (χ0) is 24.2. The Kier molecular flexibility index (Phi) is 7.23. The lowest BCUT2D eigenvalue weighted by Gasteiger charge is -2.21. The predicted octanol–water partition coefficient (Wildman–Crippen LogP) is 5.45. The van der Waals surface area contributed by atoms with Crippen LogP contribution in [-0.4, -0.2) is 33.0 Å². The van der Waals surface area contributed by atoms with Crippen molar-refractivity contribution in [2.24, 2.45) is 0 Å². The van der Waals surface area contributed by atoms with Crippen molar-refractivity contribution >= 4 is 45.9 Å². The van der Waals surface area contributed by atoms with Crippen LogP contribution in [0.1, 0.15) is 42.4 Å². The second-order valence-corrected chi connectivity index (χ2v) is 9.72. The van der Waals surface area contributed by atoms with Crippen LogP contribution in [0, 0.1) is 6.92 Å². The number of carbonyl (C=O) groups is 3. The third-order valence-corrected chi connectivity index (χ3v) is 5.87. The molecule has 0 radical (unpaired) electrons. The Hall–Kier alpha value is -3.58. The monoisotopic (exact) mass is 463 g/mol. The molecule has 1 atom stereocenters. The molecule has 170 valence electrons. The Morgan fingerprint density at radius 3 is 2.30 bits per heavy atom. The van der Waals surface area contributed by atoms with Gasteiger partial charge in [0.15, 0.2) is 6.29 Å². The van der Waals surface area contributed by atoms with Gasteiger partial charge in [0, 0.05) is 26.8 Å². The quantitative estimate of drug-likeness (QED) is 0.276. The van der Waals surface area contributed by atoms with Crippen LogP contribution in [0.25, 0.3) is 16.5 Å². The summed E-state index contributed by atoms with van der Waals surface area (Å²) in [7, 11) is -1.50. The van der Waals surface area contributed by atoms with Crippen molar-refractivity contribution in [2.75, 3.05) is 0 Å². The molecule has 3 rings (SSSR count). The number of hydrogen-bond acceptors (Lipinski definition) is 5. The Bertz CT molecular complexity index is 1290. The lowest BCUT2D eigenvalue weighted by Crippen LogP contribution is -2.28. The van der Waals surface area contributed by atoms with Crippen LogP contribution >= 0.6 is 0 Å². The van der Waals surface area contributed by atoms with Crippen molar-refractivity contribution in [1.29, 1.82) is 0 Å². The standard InChI is InChI=1S/C26H25NO5S/c1-18-9-11-20(12-10-18)33(31)16-14-19(13-15-28)24-22(17-29)21-7-5-6-8-23(21)27(24)25(30)32-26(2,3)4/h5-17H,1-4H3/b16-14-,19-13+. The minimum atomic E-state index is -1.50. The van der Waals surface area contributed by atoms with E-state index >= 15 is 0 Å². The van der Waals surface area contributed by atoms with E-state index in [-0.39, 0.29) is 16.8 Å². The lowest BCUT2D eigenvalue weighted by atomic mass is 10.1. The van der Waals surface area contributed by atoms with E-state index in [4.69, 9.17) is 4.74 Å². The molecule has 1 unspecified atom stereocenters.